The standard InChI is InChI=1S/C13H9BrFN3/c1-17-13-8(7-16)2-5-12(18-13)10-4-3-9(14)6-11(10)15/h2-6H,1H3,(H,17,18). The van der Waals surface area contributed by atoms with Gasteiger partial charge >= 0.3 is 0 Å². The molecule has 0 radical (unpaired) electrons. The Hall–Kier alpha value is -1.93. The minimum Gasteiger partial charge on any atom is -0.372 e. The summed E-state index contributed by atoms with van der Waals surface area (Å²) in [5.74, 6) is 0.0842. The summed E-state index contributed by atoms with van der Waals surface area (Å²) >= 11 is 3.20. The van der Waals surface area contributed by atoms with Gasteiger partial charge in [0.1, 0.15) is 17.7 Å². The van der Waals surface area contributed by atoms with Crippen LogP contribution in [-0.2, 0) is 0 Å². The van der Waals surface area contributed by atoms with Gasteiger partial charge in [-0.05, 0) is 30.3 Å². The number of nitrogens with one attached hydrogen (secondary N) is 1. The molecule has 1 aromatic carbocycles. The average molecular weight is 306 g/mol. The topological polar surface area (TPSA) is 48.7 Å². The highest BCUT2D eigenvalue weighted by atomic mass is 79.9. The molecule has 0 amide bonds. The van der Waals surface area contributed by atoms with Crippen molar-refractivity contribution >= 4 is 21.7 Å². The number of halogens is 2. The molecule has 1 heterocycles. The molecular formula is C13H9BrFN3. The Labute approximate surface area is 112 Å². The molecule has 1 aromatic heterocycles. The summed E-state index contributed by atoms with van der Waals surface area (Å²) < 4.78 is 14.5. The Kier molecular flexibility index (Phi) is 3.58. The summed E-state index contributed by atoms with van der Waals surface area (Å²) in [6.07, 6.45) is 0. The lowest BCUT2D eigenvalue weighted by Crippen LogP contribution is -1.98. The number of aromatic nitrogens is 1. The molecule has 2 rings (SSSR count). The van der Waals surface area contributed by atoms with E-state index >= 15 is 0 Å². The van der Waals surface area contributed by atoms with Crippen molar-refractivity contribution in [2.75, 3.05) is 12.4 Å². The van der Waals surface area contributed by atoms with Crippen LogP contribution in [0.4, 0.5) is 10.2 Å². The highest BCUT2D eigenvalue weighted by molar-refractivity contribution is 9.10. The minimum atomic E-state index is -0.358. The van der Waals surface area contributed by atoms with Crippen molar-refractivity contribution in [2.45, 2.75) is 0 Å². The van der Waals surface area contributed by atoms with E-state index in [1.165, 1.54) is 6.07 Å². The molecule has 18 heavy (non-hydrogen) atoms. The lowest BCUT2D eigenvalue weighted by Gasteiger charge is -2.07. The molecule has 2 aromatic rings. The average Bonchev–Trinajstić information content (AvgIpc) is 2.38. The van der Waals surface area contributed by atoms with Crippen LogP contribution in [0.5, 0.6) is 0 Å². The fourth-order valence-electron chi connectivity index (χ4n) is 1.59. The fourth-order valence-corrected chi connectivity index (χ4v) is 1.92. The summed E-state index contributed by atoms with van der Waals surface area (Å²) in [5, 5.41) is 11.7. The third kappa shape index (κ3) is 2.34. The SMILES string of the molecule is CNc1nc(-c2ccc(Br)cc2F)ccc1C#N. The van der Waals surface area contributed by atoms with Crippen molar-refractivity contribution < 1.29 is 4.39 Å². The van der Waals surface area contributed by atoms with E-state index in [0.717, 1.165) is 0 Å². The highest BCUT2D eigenvalue weighted by Gasteiger charge is 2.09. The van der Waals surface area contributed by atoms with E-state index in [9.17, 15) is 4.39 Å². The molecule has 0 aliphatic heterocycles. The van der Waals surface area contributed by atoms with Gasteiger partial charge in [0.25, 0.3) is 0 Å². The Morgan fingerprint density at radius 3 is 2.72 bits per heavy atom. The third-order valence-electron chi connectivity index (χ3n) is 2.46. The van der Waals surface area contributed by atoms with Crippen molar-refractivity contribution in [1.82, 2.24) is 4.98 Å². The lowest BCUT2D eigenvalue weighted by atomic mass is 10.1. The number of anilines is 1. The molecule has 0 aliphatic rings. The molecule has 0 fully saturated rings. The Balaban J connectivity index is 2.55. The van der Waals surface area contributed by atoms with Gasteiger partial charge in [0.2, 0.25) is 0 Å². The monoisotopic (exact) mass is 305 g/mol. The van der Waals surface area contributed by atoms with E-state index in [-0.39, 0.29) is 5.82 Å². The maximum absolute atomic E-state index is 13.8. The molecule has 3 nitrogen and oxygen atoms in total. The quantitative estimate of drug-likeness (QED) is 0.923. The van der Waals surface area contributed by atoms with Gasteiger partial charge in [-0.1, -0.05) is 15.9 Å². The molecule has 0 saturated heterocycles. The van der Waals surface area contributed by atoms with Crippen LogP contribution in [0.3, 0.4) is 0 Å². The van der Waals surface area contributed by atoms with Crippen LogP contribution < -0.4 is 5.32 Å². The molecule has 0 bridgehead atoms. The van der Waals surface area contributed by atoms with E-state index < -0.39 is 0 Å². The van der Waals surface area contributed by atoms with Gasteiger partial charge in [-0.25, -0.2) is 9.37 Å². The normalized spacial score (nSPS) is 9.89. The summed E-state index contributed by atoms with van der Waals surface area (Å²) in [6.45, 7) is 0. The van der Waals surface area contributed by atoms with Crippen molar-refractivity contribution in [3.8, 4) is 17.3 Å². The maximum Gasteiger partial charge on any atom is 0.144 e. The highest BCUT2D eigenvalue weighted by Crippen LogP contribution is 2.26. The van der Waals surface area contributed by atoms with Gasteiger partial charge in [0, 0.05) is 17.1 Å². The number of benzene rings is 1. The van der Waals surface area contributed by atoms with Gasteiger partial charge < -0.3 is 5.32 Å². The second-order valence-corrected chi connectivity index (χ2v) is 4.49. The Bertz CT molecular complexity index is 635. The zero-order valence-corrected chi connectivity index (χ0v) is 11.1. The van der Waals surface area contributed by atoms with Gasteiger partial charge in [-0.2, -0.15) is 5.26 Å². The Morgan fingerprint density at radius 2 is 2.11 bits per heavy atom. The number of pyridine rings is 1. The van der Waals surface area contributed by atoms with E-state index in [0.29, 0.717) is 27.1 Å². The predicted molar refractivity (Wildman–Crippen MR) is 71.6 cm³/mol. The first kappa shape index (κ1) is 12.5. The Morgan fingerprint density at radius 1 is 1.33 bits per heavy atom. The zero-order chi connectivity index (χ0) is 13.1. The van der Waals surface area contributed by atoms with Gasteiger partial charge in [0.05, 0.1) is 11.3 Å². The van der Waals surface area contributed by atoms with E-state index in [4.69, 9.17) is 5.26 Å². The van der Waals surface area contributed by atoms with Crippen LogP contribution in [0.15, 0.2) is 34.8 Å². The number of hydrogen-bond acceptors (Lipinski definition) is 3. The molecular weight excluding hydrogens is 297 g/mol. The predicted octanol–water partition coefficient (Wildman–Crippen LogP) is 3.56. The summed E-state index contributed by atoms with van der Waals surface area (Å²) in [5.41, 5.74) is 1.32. The van der Waals surface area contributed by atoms with Crippen LogP contribution in [0.25, 0.3) is 11.3 Å². The van der Waals surface area contributed by atoms with Crippen LogP contribution in [0.2, 0.25) is 0 Å². The number of hydrogen-bond donors (Lipinski definition) is 1. The molecule has 0 atom stereocenters. The third-order valence-corrected chi connectivity index (χ3v) is 2.95. The van der Waals surface area contributed by atoms with Crippen molar-refractivity contribution in [3.63, 3.8) is 0 Å². The molecule has 0 spiro atoms. The molecule has 0 unspecified atom stereocenters. The van der Waals surface area contributed by atoms with Crippen LogP contribution in [0, 0.1) is 17.1 Å². The van der Waals surface area contributed by atoms with Crippen LogP contribution in [-0.4, -0.2) is 12.0 Å². The smallest absolute Gasteiger partial charge is 0.144 e. The maximum atomic E-state index is 13.8. The van der Waals surface area contributed by atoms with Crippen molar-refractivity contribution in [2.24, 2.45) is 0 Å². The lowest BCUT2D eigenvalue weighted by molar-refractivity contribution is 0.630. The fraction of sp³-hybridized carbons (Fsp3) is 0.0769. The number of nitriles is 1. The first-order chi connectivity index (χ1) is 8.65. The van der Waals surface area contributed by atoms with Gasteiger partial charge in [0.15, 0.2) is 0 Å². The molecule has 1 N–H and O–H groups in total. The van der Waals surface area contributed by atoms with Gasteiger partial charge in [-0.3, -0.25) is 0 Å². The summed E-state index contributed by atoms with van der Waals surface area (Å²) in [7, 11) is 1.67. The molecule has 0 saturated carbocycles. The van der Waals surface area contributed by atoms with Crippen molar-refractivity contribution in [3.05, 3.63) is 46.2 Å². The molecule has 0 aliphatic carbocycles. The van der Waals surface area contributed by atoms with E-state index in [2.05, 4.69) is 26.2 Å². The van der Waals surface area contributed by atoms with Crippen LogP contribution >= 0.6 is 15.9 Å². The summed E-state index contributed by atoms with van der Waals surface area (Å²) in [4.78, 5) is 4.23. The van der Waals surface area contributed by atoms with Crippen LogP contribution in [0.1, 0.15) is 5.56 Å². The van der Waals surface area contributed by atoms with E-state index in [1.807, 2.05) is 6.07 Å². The zero-order valence-electron chi connectivity index (χ0n) is 9.54. The molecule has 90 valence electrons. The van der Waals surface area contributed by atoms with E-state index in [1.54, 1.807) is 31.3 Å². The summed E-state index contributed by atoms with van der Waals surface area (Å²) in [6, 6.07) is 10.1. The first-order valence-electron chi connectivity index (χ1n) is 5.20. The second-order valence-electron chi connectivity index (χ2n) is 3.58. The van der Waals surface area contributed by atoms with Crippen molar-refractivity contribution in [1.29, 1.82) is 5.26 Å². The number of nitrogens with zero attached hydrogens (tertiary/aromatic N) is 2. The number of rotatable bonds is 2. The first-order valence-corrected chi connectivity index (χ1v) is 5.99. The molecule has 5 heteroatoms. The minimum absolute atomic E-state index is 0.358. The largest absolute Gasteiger partial charge is 0.372 e. The van der Waals surface area contributed by atoms with Gasteiger partial charge in [-0.15, -0.1) is 0 Å². The second kappa shape index (κ2) is 5.15.